The predicted octanol–water partition coefficient (Wildman–Crippen LogP) is 3.69. The third-order valence-electron chi connectivity index (χ3n) is 5.56. The van der Waals surface area contributed by atoms with Gasteiger partial charge in [-0.25, -0.2) is 0 Å². The second-order valence-electron chi connectivity index (χ2n) is 7.36. The summed E-state index contributed by atoms with van der Waals surface area (Å²) in [6.07, 6.45) is 2.14. The Hall–Kier alpha value is -2.66. The Morgan fingerprint density at radius 2 is 2.04 bits per heavy atom. The molecule has 0 aliphatic carbocycles. The van der Waals surface area contributed by atoms with E-state index in [2.05, 4.69) is 5.32 Å². The smallest absolute Gasteiger partial charge is 0.256 e. The van der Waals surface area contributed by atoms with Crippen LogP contribution >= 0.6 is 0 Å². The maximum absolute atomic E-state index is 13.0. The minimum atomic E-state index is -0.243. The fraction of sp³-hybridized carbons (Fsp3) is 0.364. The molecule has 27 heavy (non-hydrogen) atoms. The van der Waals surface area contributed by atoms with Gasteiger partial charge >= 0.3 is 0 Å². The van der Waals surface area contributed by atoms with Gasteiger partial charge < -0.3 is 15.0 Å². The molecule has 0 saturated carbocycles. The van der Waals surface area contributed by atoms with Crippen LogP contribution in [0.4, 0.5) is 5.69 Å². The lowest BCUT2D eigenvalue weighted by Crippen LogP contribution is -2.32. The number of benzene rings is 2. The summed E-state index contributed by atoms with van der Waals surface area (Å²) in [4.78, 5) is 27.7. The van der Waals surface area contributed by atoms with Gasteiger partial charge in [0.1, 0.15) is 0 Å². The molecule has 2 amide bonds. The fourth-order valence-electron chi connectivity index (χ4n) is 3.87. The molecule has 140 valence electrons. The van der Waals surface area contributed by atoms with Crippen LogP contribution in [-0.4, -0.2) is 36.0 Å². The Labute approximate surface area is 159 Å². The Morgan fingerprint density at radius 1 is 1.22 bits per heavy atom. The first kappa shape index (κ1) is 17.7. The number of hydrogen-bond donors (Lipinski definition) is 1. The summed E-state index contributed by atoms with van der Waals surface area (Å²) in [6, 6.07) is 11.3. The number of nitrogens with one attached hydrogen (secondary N) is 1. The quantitative estimate of drug-likeness (QED) is 0.900. The average molecular weight is 364 g/mol. The molecule has 5 heteroatoms. The third kappa shape index (κ3) is 3.35. The number of carbonyl (C=O) groups excluding carboxylic acids is 2. The zero-order chi connectivity index (χ0) is 19.0. The van der Waals surface area contributed by atoms with Gasteiger partial charge in [-0.2, -0.15) is 0 Å². The first-order chi connectivity index (χ1) is 13.0. The van der Waals surface area contributed by atoms with Crippen LogP contribution in [0.15, 0.2) is 36.4 Å². The molecule has 5 nitrogen and oxygen atoms in total. The van der Waals surface area contributed by atoms with Crippen molar-refractivity contribution < 1.29 is 14.3 Å². The molecule has 1 atom stereocenters. The monoisotopic (exact) mass is 364 g/mol. The second kappa shape index (κ2) is 7.16. The zero-order valence-electron chi connectivity index (χ0n) is 15.7. The topological polar surface area (TPSA) is 58.6 Å². The lowest BCUT2D eigenvalue weighted by Gasteiger charge is -2.19. The minimum absolute atomic E-state index is 0.0767. The van der Waals surface area contributed by atoms with Crippen molar-refractivity contribution in [3.8, 4) is 0 Å². The SMILES string of the molecule is Cc1cccc(NC(=O)c2cccc3c2C(=O)N(CC2CCCO2)C3)c1C. The third-order valence-corrected chi connectivity index (χ3v) is 5.56. The molecule has 4 rings (SSSR count). The molecule has 2 aromatic rings. The number of amides is 2. The number of ether oxygens (including phenoxy) is 1. The van der Waals surface area contributed by atoms with E-state index >= 15 is 0 Å². The van der Waals surface area contributed by atoms with Crippen molar-refractivity contribution in [3.05, 3.63) is 64.2 Å². The molecule has 2 aliphatic rings. The lowest BCUT2D eigenvalue weighted by molar-refractivity contribution is 0.0544. The molecule has 0 spiro atoms. The summed E-state index contributed by atoms with van der Waals surface area (Å²) >= 11 is 0. The van der Waals surface area contributed by atoms with Crippen molar-refractivity contribution in [2.24, 2.45) is 0 Å². The number of rotatable bonds is 4. The molecule has 2 heterocycles. The van der Waals surface area contributed by atoms with Crippen LogP contribution in [0.5, 0.6) is 0 Å². The number of anilines is 1. The largest absolute Gasteiger partial charge is 0.376 e. The van der Waals surface area contributed by atoms with E-state index in [9.17, 15) is 9.59 Å². The highest BCUT2D eigenvalue weighted by atomic mass is 16.5. The Morgan fingerprint density at radius 3 is 2.81 bits per heavy atom. The Balaban J connectivity index is 1.57. The summed E-state index contributed by atoms with van der Waals surface area (Å²) in [5, 5.41) is 2.97. The molecule has 1 N–H and O–H groups in total. The van der Waals surface area contributed by atoms with Crippen molar-refractivity contribution in [1.29, 1.82) is 0 Å². The van der Waals surface area contributed by atoms with Crippen LogP contribution in [0.25, 0.3) is 0 Å². The second-order valence-corrected chi connectivity index (χ2v) is 7.36. The first-order valence-corrected chi connectivity index (χ1v) is 9.45. The lowest BCUT2D eigenvalue weighted by atomic mass is 10.0. The van der Waals surface area contributed by atoms with Crippen LogP contribution < -0.4 is 5.32 Å². The first-order valence-electron chi connectivity index (χ1n) is 9.45. The molecule has 0 aromatic heterocycles. The maximum atomic E-state index is 13.0. The van der Waals surface area contributed by atoms with E-state index in [0.717, 1.165) is 41.8 Å². The maximum Gasteiger partial charge on any atom is 0.256 e. The summed E-state index contributed by atoms with van der Waals surface area (Å²) in [5.41, 5.74) is 4.80. The number of aryl methyl sites for hydroxylation is 1. The van der Waals surface area contributed by atoms with Gasteiger partial charge in [0.25, 0.3) is 11.8 Å². The predicted molar refractivity (Wildman–Crippen MR) is 104 cm³/mol. The van der Waals surface area contributed by atoms with Gasteiger partial charge in [-0.1, -0.05) is 24.3 Å². The summed E-state index contributed by atoms with van der Waals surface area (Å²) in [6.45, 7) is 5.89. The van der Waals surface area contributed by atoms with Crippen molar-refractivity contribution in [2.45, 2.75) is 39.3 Å². The van der Waals surface area contributed by atoms with Gasteiger partial charge in [-0.15, -0.1) is 0 Å². The van der Waals surface area contributed by atoms with Crippen molar-refractivity contribution in [1.82, 2.24) is 4.90 Å². The molecule has 0 radical (unpaired) electrons. The van der Waals surface area contributed by atoms with Crippen LogP contribution in [0, 0.1) is 13.8 Å². The Bertz CT molecular complexity index is 900. The molecular weight excluding hydrogens is 340 g/mol. The van der Waals surface area contributed by atoms with E-state index in [4.69, 9.17) is 4.74 Å². The molecule has 0 bridgehead atoms. The number of fused-ring (bicyclic) bond motifs is 1. The van der Waals surface area contributed by atoms with E-state index in [1.54, 1.807) is 11.0 Å². The highest BCUT2D eigenvalue weighted by Gasteiger charge is 2.33. The van der Waals surface area contributed by atoms with Gasteiger partial charge in [0.15, 0.2) is 0 Å². The van der Waals surface area contributed by atoms with Gasteiger partial charge in [-0.3, -0.25) is 9.59 Å². The highest BCUT2D eigenvalue weighted by Crippen LogP contribution is 2.28. The average Bonchev–Trinajstić information content (AvgIpc) is 3.28. The van der Waals surface area contributed by atoms with Crippen LogP contribution in [0.1, 0.15) is 50.2 Å². The molecule has 1 saturated heterocycles. The van der Waals surface area contributed by atoms with E-state index < -0.39 is 0 Å². The normalized spacial score (nSPS) is 18.7. The zero-order valence-corrected chi connectivity index (χ0v) is 15.7. The Kier molecular flexibility index (Phi) is 4.70. The van der Waals surface area contributed by atoms with E-state index in [1.807, 2.05) is 44.2 Å². The molecule has 2 aliphatic heterocycles. The van der Waals surface area contributed by atoms with Crippen molar-refractivity contribution in [2.75, 3.05) is 18.5 Å². The van der Waals surface area contributed by atoms with Crippen molar-refractivity contribution in [3.63, 3.8) is 0 Å². The fourth-order valence-corrected chi connectivity index (χ4v) is 3.87. The van der Waals surface area contributed by atoms with Crippen LogP contribution in [-0.2, 0) is 11.3 Å². The van der Waals surface area contributed by atoms with E-state index in [-0.39, 0.29) is 17.9 Å². The highest BCUT2D eigenvalue weighted by molar-refractivity contribution is 6.14. The van der Waals surface area contributed by atoms with Crippen LogP contribution in [0.3, 0.4) is 0 Å². The van der Waals surface area contributed by atoms with Crippen molar-refractivity contribution >= 4 is 17.5 Å². The van der Waals surface area contributed by atoms with Gasteiger partial charge in [0, 0.05) is 25.4 Å². The van der Waals surface area contributed by atoms with Gasteiger partial charge in [0.2, 0.25) is 0 Å². The summed E-state index contributed by atoms with van der Waals surface area (Å²) in [7, 11) is 0. The number of nitrogens with zero attached hydrogens (tertiary/aromatic N) is 1. The standard InChI is InChI=1S/C22H24N2O3/c1-14-6-3-10-19(15(14)2)23-21(25)18-9-4-7-16-12-24(22(26)20(16)18)13-17-8-5-11-27-17/h3-4,6-7,9-10,17H,5,8,11-13H2,1-2H3,(H,23,25). The number of hydrogen-bond acceptors (Lipinski definition) is 3. The minimum Gasteiger partial charge on any atom is -0.376 e. The van der Waals surface area contributed by atoms with E-state index in [1.165, 1.54) is 0 Å². The van der Waals surface area contributed by atoms with Crippen LogP contribution in [0.2, 0.25) is 0 Å². The molecule has 1 fully saturated rings. The van der Waals surface area contributed by atoms with Gasteiger partial charge in [0.05, 0.1) is 17.2 Å². The number of carbonyl (C=O) groups is 2. The summed E-state index contributed by atoms with van der Waals surface area (Å²) < 4.78 is 5.67. The molecular formula is C22H24N2O3. The van der Waals surface area contributed by atoms with Gasteiger partial charge in [-0.05, 0) is 55.5 Å². The van der Waals surface area contributed by atoms with E-state index in [0.29, 0.717) is 24.2 Å². The molecule has 2 aromatic carbocycles. The molecule has 1 unspecified atom stereocenters. The summed E-state index contributed by atoms with van der Waals surface area (Å²) in [5.74, 6) is -0.319.